The molecule has 2 aromatic rings. The molecule has 0 unspecified atom stereocenters. The molecule has 2 aliphatic rings. The van der Waals surface area contributed by atoms with E-state index in [2.05, 4.69) is 4.90 Å². The normalized spacial score (nSPS) is 19.8. The molecular formula is C27H31ClN2O2. The van der Waals surface area contributed by atoms with E-state index in [1.165, 1.54) is 19.3 Å². The highest BCUT2D eigenvalue weighted by atomic mass is 35.5. The topological polar surface area (TPSA) is 40.6 Å². The molecule has 0 atom stereocenters. The van der Waals surface area contributed by atoms with Gasteiger partial charge >= 0.3 is 0 Å². The number of carbonyl (C=O) groups excluding carboxylic acids is 2. The van der Waals surface area contributed by atoms with Gasteiger partial charge in [0.1, 0.15) is 0 Å². The average molecular weight is 451 g/mol. The summed E-state index contributed by atoms with van der Waals surface area (Å²) in [5.41, 5.74) is 3.30. The monoisotopic (exact) mass is 450 g/mol. The van der Waals surface area contributed by atoms with Crippen molar-refractivity contribution in [1.29, 1.82) is 0 Å². The largest absolute Gasteiger partial charge is 0.334 e. The van der Waals surface area contributed by atoms with Crippen LogP contribution >= 0.6 is 12.4 Å². The van der Waals surface area contributed by atoms with E-state index in [-0.39, 0.29) is 24.1 Å². The number of amides is 1. The van der Waals surface area contributed by atoms with E-state index >= 15 is 0 Å². The number of hydrogen-bond acceptors (Lipinski definition) is 3. The highest BCUT2D eigenvalue weighted by Crippen LogP contribution is 2.23. The van der Waals surface area contributed by atoms with E-state index in [1.54, 1.807) is 0 Å². The van der Waals surface area contributed by atoms with Crippen LogP contribution in [0.1, 0.15) is 36.8 Å². The first-order valence-electron chi connectivity index (χ1n) is 11.2. The Hall–Kier alpha value is -2.69. The summed E-state index contributed by atoms with van der Waals surface area (Å²) in [6.45, 7) is 3.73. The minimum Gasteiger partial charge on any atom is -0.334 e. The van der Waals surface area contributed by atoms with Gasteiger partial charge in [0, 0.05) is 37.2 Å². The summed E-state index contributed by atoms with van der Waals surface area (Å²) in [6.07, 6.45) is 8.09. The molecule has 2 heterocycles. The van der Waals surface area contributed by atoms with Crippen molar-refractivity contribution >= 4 is 36.2 Å². The Morgan fingerprint density at radius 2 is 1.28 bits per heavy atom. The van der Waals surface area contributed by atoms with Gasteiger partial charge in [0.2, 0.25) is 5.91 Å². The molecule has 2 aliphatic heterocycles. The molecule has 0 N–H and O–H groups in total. The van der Waals surface area contributed by atoms with Crippen molar-refractivity contribution in [3.8, 4) is 0 Å². The Kier molecular flexibility index (Phi) is 8.83. The van der Waals surface area contributed by atoms with Gasteiger partial charge in [-0.25, -0.2) is 0 Å². The number of piperidine rings is 2. The van der Waals surface area contributed by atoms with Gasteiger partial charge in [0.25, 0.3) is 0 Å². The van der Waals surface area contributed by atoms with Crippen LogP contribution in [-0.2, 0) is 9.59 Å². The van der Waals surface area contributed by atoms with Crippen molar-refractivity contribution in [2.45, 2.75) is 25.7 Å². The molecule has 5 heteroatoms. The lowest BCUT2D eigenvalue weighted by atomic mass is 9.94. The van der Waals surface area contributed by atoms with Crippen LogP contribution in [0, 0.1) is 0 Å². The minimum absolute atomic E-state index is 0. The first kappa shape index (κ1) is 24.0. The molecule has 0 spiro atoms. The van der Waals surface area contributed by atoms with Crippen molar-refractivity contribution in [3.05, 3.63) is 82.9 Å². The van der Waals surface area contributed by atoms with Gasteiger partial charge in [-0.3, -0.25) is 9.59 Å². The van der Waals surface area contributed by atoms with Crippen LogP contribution in [0.2, 0.25) is 0 Å². The molecule has 168 valence electrons. The van der Waals surface area contributed by atoms with Gasteiger partial charge < -0.3 is 9.80 Å². The van der Waals surface area contributed by atoms with Gasteiger partial charge in [-0.05, 0) is 49.2 Å². The highest BCUT2D eigenvalue weighted by Gasteiger charge is 2.29. The molecule has 0 aliphatic carbocycles. The van der Waals surface area contributed by atoms with Crippen molar-refractivity contribution < 1.29 is 9.59 Å². The van der Waals surface area contributed by atoms with Crippen LogP contribution in [0.25, 0.3) is 12.2 Å². The van der Waals surface area contributed by atoms with E-state index in [1.807, 2.05) is 77.7 Å². The number of nitrogens with zero attached hydrogens (tertiary/aromatic N) is 2. The van der Waals surface area contributed by atoms with E-state index < -0.39 is 0 Å². The second-order valence-electron chi connectivity index (χ2n) is 8.39. The molecule has 32 heavy (non-hydrogen) atoms. The molecule has 0 saturated carbocycles. The Morgan fingerprint density at radius 1 is 0.781 bits per heavy atom. The number of benzene rings is 2. The Bertz CT molecular complexity index is 902. The Morgan fingerprint density at radius 3 is 1.78 bits per heavy atom. The van der Waals surface area contributed by atoms with Gasteiger partial charge in [-0.2, -0.15) is 0 Å². The second-order valence-corrected chi connectivity index (χ2v) is 8.39. The summed E-state index contributed by atoms with van der Waals surface area (Å²) < 4.78 is 0. The lowest BCUT2D eigenvalue weighted by molar-refractivity contribution is -0.131. The van der Waals surface area contributed by atoms with Crippen molar-refractivity contribution in [1.82, 2.24) is 9.80 Å². The predicted molar refractivity (Wildman–Crippen MR) is 133 cm³/mol. The number of rotatable bonds is 5. The predicted octanol–water partition coefficient (Wildman–Crippen LogP) is 4.86. The van der Waals surface area contributed by atoms with Gasteiger partial charge in [-0.15, -0.1) is 12.4 Å². The van der Waals surface area contributed by atoms with Gasteiger partial charge in [-0.1, -0.05) is 67.1 Å². The van der Waals surface area contributed by atoms with Crippen LogP contribution in [0.15, 0.2) is 71.8 Å². The molecule has 1 amide bonds. The van der Waals surface area contributed by atoms with Gasteiger partial charge in [0.05, 0.1) is 0 Å². The summed E-state index contributed by atoms with van der Waals surface area (Å²) in [4.78, 5) is 30.5. The van der Waals surface area contributed by atoms with Crippen LogP contribution in [-0.4, -0.2) is 54.2 Å². The van der Waals surface area contributed by atoms with Crippen LogP contribution in [0.5, 0.6) is 0 Å². The SMILES string of the molecule is Cl.O=C1C(=Cc2ccccc2)CN(C(=O)CCN2CCCCC2)CC1=Cc1ccccc1. The number of likely N-dealkylation sites (tertiary alicyclic amines) is 2. The lowest BCUT2D eigenvalue weighted by Crippen LogP contribution is -2.43. The van der Waals surface area contributed by atoms with Crippen LogP contribution < -0.4 is 0 Å². The molecule has 0 radical (unpaired) electrons. The fourth-order valence-corrected chi connectivity index (χ4v) is 4.31. The first-order chi connectivity index (χ1) is 15.2. The molecule has 4 rings (SSSR count). The molecule has 0 aromatic heterocycles. The van der Waals surface area contributed by atoms with Crippen molar-refractivity contribution in [2.75, 3.05) is 32.7 Å². The van der Waals surface area contributed by atoms with E-state index in [4.69, 9.17) is 0 Å². The summed E-state index contributed by atoms with van der Waals surface area (Å²) in [5, 5.41) is 0. The second kappa shape index (κ2) is 11.8. The fourth-order valence-electron chi connectivity index (χ4n) is 4.31. The highest BCUT2D eigenvalue weighted by molar-refractivity contribution is 6.15. The lowest BCUT2D eigenvalue weighted by Gasteiger charge is -2.31. The maximum absolute atomic E-state index is 13.2. The first-order valence-corrected chi connectivity index (χ1v) is 11.2. The molecule has 2 saturated heterocycles. The van der Waals surface area contributed by atoms with Crippen molar-refractivity contribution in [2.24, 2.45) is 0 Å². The Labute approximate surface area is 197 Å². The number of halogens is 1. The third kappa shape index (κ3) is 6.41. The molecular weight excluding hydrogens is 420 g/mol. The average Bonchev–Trinajstić information content (AvgIpc) is 2.82. The maximum atomic E-state index is 13.2. The van der Waals surface area contributed by atoms with E-state index in [0.29, 0.717) is 30.7 Å². The summed E-state index contributed by atoms with van der Waals surface area (Å²) >= 11 is 0. The molecule has 2 aromatic carbocycles. The summed E-state index contributed by atoms with van der Waals surface area (Å²) in [5.74, 6) is 0.156. The smallest absolute Gasteiger partial charge is 0.224 e. The number of ketones is 1. The van der Waals surface area contributed by atoms with Crippen LogP contribution in [0.4, 0.5) is 0 Å². The van der Waals surface area contributed by atoms with Gasteiger partial charge in [0.15, 0.2) is 5.78 Å². The number of hydrogen-bond donors (Lipinski definition) is 0. The van der Waals surface area contributed by atoms with E-state index in [9.17, 15) is 9.59 Å². The zero-order chi connectivity index (χ0) is 21.5. The Balaban J connectivity index is 0.00000289. The molecule has 2 fully saturated rings. The third-order valence-electron chi connectivity index (χ3n) is 6.03. The minimum atomic E-state index is 0. The van der Waals surface area contributed by atoms with Crippen molar-refractivity contribution in [3.63, 3.8) is 0 Å². The standard InChI is InChI=1S/C27H30N2O2.ClH/c30-26(14-17-28-15-8-3-9-16-28)29-20-24(18-22-10-4-1-5-11-22)27(31)25(21-29)19-23-12-6-2-7-13-23;/h1-2,4-7,10-13,18-19H,3,8-9,14-17,20-21H2;1H. The quantitative estimate of drug-likeness (QED) is 0.610. The zero-order valence-corrected chi connectivity index (χ0v) is 19.2. The zero-order valence-electron chi connectivity index (χ0n) is 18.4. The number of Topliss-reactive ketones (excluding diaryl/α,β-unsaturated/α-hetero) is 1. The summed E-state index contributed by atoms with van der Waals surface area (Å²) in [6, 6.07) is 19.7. The number of carbonyl (C=O) groups is 2. The fraction of sp³-hybridized carbons (Fsp3) is 0.333. The molecule has 4 nitrogen and oxygen atoms in total. The third-order valence-corrected chi connectivity index (χ3v) is 6.03. The summed E-state index contributed by atoms with van der Waals surface area (Å²) in [7, 11) is 0. The maximum Gasteiger partial charge on any atom is 0.224 e. The molecule has 0 bridgehead atoms. The van der Waals surface area contributed by atoms with Crippen LogP contribution in [0.3, 0.4) is 0 Å². The van der Waals surface area contributed by atoms with E-state index in [0.717, 1.165) is 30.8 Å².